The van der Waals surface area contributed by atoms with Gasteiger partial charge in [0, 0.05) is 31.7 Å². The molecule has 0 unspecified atom stereocenters. The van der Waals surface area contributed by atoms with Gasteiger partial charge in [-0.3, -0.25) is 4.68 Å². The Balaban J connectivity index is 1.72. The number of methoxy groups -OCH3 is 1. The standard InChI is InChI=1S/C13H17N5O2/c1-20-12-11(5-2-6-14-12)17-13(19)15-7-3-9-18-10-4-8-16-18/h2,4-6,8,10H,3,7,9H2,1H3,(H2,15,17,19). The van der Waals surface area contributed by atoms with Crippen LogP contribution in [0.1, 0.15) is 6.42 Å². The van der Waals surface area contributed by atoms with Crippen LogP contribution in [0, 0.1) is 0 Å². The number of anilines is 1. The van der Waals surface area contributed by atoms with Crippen LogP contribution >= 0.6 is 0 Å². The zero-order valence-electron chi connectivity index (χ0n) is 11.2. The summed E-state index contributed by atoms with van der Waals surface area (Å²) in [5.41, 5.74) is 0.541. The molecule has 0 aliphatic rings. The minimum absolute atomic E-state index is 0.281. The van der Waals surface area contributed by atoms with Crippen LogP contribution in [0.4, 0.5) is 10.5 Å². The lowest BCUT2D eigenvalue weighted by atomic mass is 10.4. The van der Waals surface area contributed by atoms with Crippen LogP contribution in [-0.4, -0.2) is 34.5 Å². The molecular formula is C13H17N5O2. The molecule has 0 fully saturated rings. The zero-order chi connectivity index (χ0) is 14.2. The Hall–Kier alpha value is -2.57. The molecule has 0 aliphatic carbocycles. The highest BCUT2D eigenvalue weighted by Gasteiger charge is 2.06. The summed E-state index contributed by atoms with van der Waals surface area (Å²) in [6.07, 6.45) is 6.03. The van der Waals surface area contributed by atoms with E-state index in [0.717, 1.165) is 13.0 Å². The van der Waals surface area contributed by atoms with Gasteiger partial charge in [0.25, 0.3) is 0 Å². The van der Waals surface area contributed by atoms with Crippen LogP contribution < -0.4 is 15.4 Å². The van der Waals surface area contributed by atoms with Crippen molar-refractivity contribution in [2.75, 3.05) is 19.0 Å². The van der Waals surface area contributed by atoms with E-state index in [1.807, 2.05) is 16.9 Å². The van der Waals surface area contributed by atoms with Crippen molar-refractivity contribution in [3.05, 3.63) is 36.8 Å². The Morgan fingerprint density at radius 1 is 1.40 bits per heavy atom. The number of hydrogen-bond donors (Lipinski definition) is 2. The van der Waals surface area contributed by atoms with Crippen LogP contribution in [-0.2, 0) is 6.54 Å². The van der Waals surface area contributed by atoms with Gasteiger partial charge in [0.05, 0.1) is 7.11 Å². The first kappa shape index (κ1) is 13.9. The summed E-state index contributed by atoms with van der Waals surface area (Å²) >= 11 is 0. The van der Waals surface area contributed by atoms with E-state index in [2.05, 4.69) is 20.7 Å². The van der Waals surface area contributed by atoms with Crippen molar-refractivity contribution in [1.29, 1.82) is 0 Å². The van der Waals surface area contributed by atoms with E-state index in [-0.39, 0.29) is 6.03 Å². The lowest BCUT2D eigenvalue weighted by Crippen LogP contribution is -2.30. The van der Waals surface area contributed by atoms with Gasteiger partial charge in [-0.25, -0.2) is 9.78 Å². The topological polar surface area (TPSA) is 81.1 Å². The number of carbonyl (C=O) groups is 1. The molecule has 2 aromatic rings. The number of aryl methyl sites for hydroxylation is 1. The van der Waals surface area contributed by atoms with Gasteiger partial charge in [0.2, 0.25) is 5.88 Å². The first-order valence-electron chi connectivity index (χ1n) is 6.31. The zero-order valence-corrected chi connectivity index (χ0v) is 11.2. The van der Waals surface area contributed by atoms with Gasteiger partial charge >= 0.3 is 6.03 Å². The maximum absolute atomic E-state index is 11.7. The average Bonchev–Trinajstić information content (AvgIpc) is 2.97. The normalized spacial score (nSPS) is 10.1. The van der Waals surface area contributed by atoms with Crippen molar-refractivity contribution in [2.24, 2.45) is 0 Å². The molecule has 20 heavy (non-hydrogen) atoms. The summed E-state index contributed by atoms with van der Waals surface area (Å²) in [4.78, 5) is 15.7. The number of pyridine rings is 1. The van der Waals surface area contributed by atoms with Gasteiger partial charge in [-0.1, -0.05) is 0 Å². The summed E-state index contributed by atoms with van der Waals surface area (Å²) in [5.74, 6) is 0.388. The Kier molecular flexibility index (Phi) is 4.94. The smallest absolute Gasteiger partial charge is 0.319 e. The number of hydrogen-bond acceptors (Lipinski definition) is 4. The second-order valence-corrected chi connectivity index (χ2v) is 4.06. The number of carbonyl (C=O) groups excluding carboxylic acids is 1. The quantitative estimate of drug-likeness (QED) is 0.783. The number of nitrogens with zero attached hydrogens (tertiary/aromatic N) is 3. The van der Waals surface area contributed by atoms with E-state index in [4.69, 9.17) is 4.74 Å². The summed E-state index contributed by atoms with van der Waals surface area (Å²) in [6.45, 7) is 1.33. The summed E-state index contributed by atoms with van der Waals surface area (Å²) in [7, 11) is 1.51. The van der Waals surface area contributed by atoms with Crippen molar-refractivity contribution in [3.63, 3.8) is 0 Å². The van der Waals surface area contributed by atoms with Crippen molar-refractivity contribution >= 4 is 11.7 Å². The molecule has 0 atom stereocenters. The number of nitrogens with one attached hydrogen (secondary N) is 2. The molecule has 0 aromatic carbocycles. The monoisotopic (exact) mass is 275 g/mol. The number of amides is 2. The van der Waals surface area contributed by atoms with Crippen LogP contribution in [0.3, 0.4) is 0 Å². The van der Waals surface area contributed by atoms with Gasteiger partial charge in [0.1, 0.15) is 5.69 Å². The van der Waals surface area contributed by atoms with Crippen molar-refractivity contribution in [3.8, 4) is 5.88 Å². The van der Waals surface area contributed by atoms with E-state index in [1.165, 1.54) is 7.11 Å². The third kappa shape index (κ3) is 3.98. The number of aromatic nitrogens is 3. The van der Waals surface area contributed by atoms with Crippen molar-refractivity contribution in [2.45, 2.75) is 13.0 Å². The van der Waals surface area contributed by atoms with Crippen LogP contribution in [0.15, 0.2) is 36.8 Å². The van der Waals surface area contributed by atoms with Crippen LogP contribution in [0.5, 0.6) is 5.88 Å². The fraction of sp³-hybridized carbons (Fsp3) is 0.308. The Bertz CT molecular complexity index is 541. The predicted molar refractivity (Wildman–Crippen MR) is 74.7 cm³/mol. The summed E-state index contributed by atoms with van der Waals surface area (Å²) < 4.78 is 6.88. The molecule has 2 aromatic heterocycles. The van der Waals surface area contributed by atoms with E-state index in [9.17, 15) is 4.79 Å². The van der Waals surface area contributed by atoms with Gasteiger partial charge in [-0.2, -0.15) is 5.10 Å². The fourth-order valence-electron chi connectivity index (χ4n) is 1.69. The first-order chi connectivity index (χ1) is 9.79. The highest BCUT2D eigenvalue weighted by atomic mass is 16.5. The molecule has 2 heterocycles. The molecule has 2 rings (SSSR count). The predicted octanol–water partition coefficient (Wildman–Crippen LogP) is 1.50. The SMILES string of the molecule is COc1ncccc1NC(=O)NCCCn1cccn1. The molecule has 7 heteroatoms. The number of rotatable bonds is 6. The number of ether oxygens (including phenoxy) is 1. The molecular weight excluding hydrogens is 258 g/mol. The van der Waals surface area contributed by atoms with E-state index >= 15 is 0 Å². The Labute approximate surface area is 117 Å². The van der Waals surface area contributed by atoms with Crippen molar-refractivity contribution in [1.82, 2.24) is 20.1 Å². The molecule has 0 saturated heterocycles. The van der Waals surface area contributed by atoms with Crippen molar-refractivity contribution < 1.29 is 9.53 Å². The highest BCUT2D eigenvalue weighted by molar-refractivity contribution is 5.90. The lowest BCUT2D eigenvalue weighted by molar-refractivity contribution is 0.251. The first-order valence-corrected chi connectivity index (χ1v) is 6.31. The maximum atomic E-state index is 11.7. The lowest BCUT2D eigenvalue weighted by Gasteiger charge is -2.10. The van der Waals surface area contributed by atoms with E-state index < -0.39 is 0 Å². The third-order valence-electron chi connectivity index (χ3n) is 2.62. The fourth-order valence-corrected chi connectivity index (χ4v) is 1.69. The van der Waals surface area contributed by atoms with Gasteiger partial charge in [0.15, 0.2) is 0 Å². The minimum atomic E-state index is -0.281. The van der Waals surface area contributed by atoms with Gasteiger partial charge in [-0.15, -0.1) is 0 Å². The molecule has 0 aliphatic heterocycles. The molecule has 0 spiro atoms. The molecule has 0 bridgehead atoms. The second-order valence-electron chi connectivity index (χ2n) is 4.06. The average molecular weight is 275 g/mol. The molecule has 2 N–H and O–H groups in total. The van der Waals surface area contributed by atoms with E-state index in [1.54, 1.807) is 24.5 Å². The molecule has 0 saturated carbocycles. The van der Waals surface area contributed by atoms with Crippen LogP contribution in [0.2, 0.25) is 0 Å². The van der Waals surface area contributed by atoms with Gasteiger partial charge in [-0.05, 0) is 24.6 Å². The second kappa shape index (κ2) is 7.13. The molecule has 0 radical (unpaired) electrons. The third-order valence-corrected chi connectivity index (χ3v) is 2.62. The number of urea groups is 1. The summed E-state index contributed by atoms with van der Waals surface area (Å²) in [5, 5.41) is 9.55. The molecule has 2 amide bonds. The Morgan fingerprint density at radius 3 is 3.05 bits per heavy atom. The van der Waals surface area contributed by atoms with E-state index in [0.29, 0.717) is 18.1 Å². The largest absolute Gasteiger partial charge is 0.480 e. The van der Waals surface area contributed by atoms with Gasteiger partial charge < -0.3 is 15.4 Å². The summed E-state index contributed by atoms with van der Waals surface area (Å²) in [6, 6.07) is 5.05. The minimum Gasteiger partial charge on any atom is -0.480 e. The maximum Gasteiger partial charge on any atom is 0.319 e. The Morgan fingerprint density at radius 2 is 2.30 bits per heavy atom. The molecule has 7 nitrogen and oxygen atoms in total. The highest BCUT2D eigenvalue weighted by Crippen LogP contribution is 2.19. The van der Waals surface area contributed by atoms with Crippen LogP contribution in [0.25, 0.3) is 0 Å². The molecule has 106 valence electrons.